The van der Waals surface area contributed by atoms with Gasteiger partial charge in [-0.05, 0) is 39.3 Å². The van der Waals surface area contributed by atoms with Gasteiger partial charge >= 0.3 is 0 Å². The summed E-state index contributed by atoms with van der Waals surface area (Å²) in [4.78, 5) is 12.2. The van der Waals surface area contributed by atoms with E-state index in [4.69, 9.17) is 0 Å². The van der Waals surface area contributed by atoms with Gasteiger partial charge in [0.1, 0.15) is 5.25 Å². The molecule has 0 spiro atoms. The number of aryl methyl sites for hydroxylation is 2. The molecule has 2 unspecified atom stereocenters. The van der Waals surface area contributed by atoms with Gasteiger partial charge in [-0.3, -0.25) is 15.6 Å². The molecule has 1 aromatic rings. The van der Waals surface area contributed by atoms with Crippen LogP contribution in [0.3, 0.4) is 0 Å². The molecule has 2 atom stereocenters. The van der Waals surface area contributed by atoms with Crippen LogP contribution < -0.4 is 16.2 Å². The van der Waals surface area contributed by atoms with E-state index >= 15 is 0 Å². The van der Waals surface area contributed by atoms with Gasteiger partial charge in [0.05, 0.1) is 6.54 Å². The van der Waals surface area contributed by atoms with Crippen molar-refractivity contribution < 1.29 is 13.2 Å². The van der Waals surface area contributed by atoms with E-state index in [1.54, 1.807) is 0 Å². The summed E-state index contributed by atoms with van der Waals surface area (Å²) in [7, 11) is -2.15. The predicted octanol–water partition coefficient (Wildman–Crippen LogP) is 0.757. The minimum absolute atomic E-state index is 0.217. The summed E-state index contributed by atoms with van der Waals surface area (Å²) < 4.78 is 26.6. The van der Waals surface area contributed by atoms with Crippen LogP contribution in [0.1, 0.15) is 25.0 Å². The molecular formula is C16H26N4O3S. The molecule has 1 saturated heterocycles. The van der Waals surface area contributed by atoms with Gasteiger partial charge in [-0.2, -0.15) is 4.31 Å². The van der Waals surface area contributed by atoms with Gasteiger partial charge in [0.25, 0.3) is 0 Å². The number of carbonyl (C=O) groups excluding carboxylic acids is 1. The van der Waals surface area contributed by atoms with Crippen LogP contribution >= 0.6 is 0 Å². The molecule has 24 heavy (non-hydrogen) atoms. The highest BCUT2D eigenvalue weighted by atomic mass is 32.2. The molecule has 134 valence electrons. The summed E-state index contributed by atoms with van der Waals surface area (Å²) in [5.74, 6) is -0.354. The first kappa shape index (κ1) is 18.9. The summed E-state index contributed by atoms with van der Waals surface area (Å²) >= 11 is 0. The fourth-order valence-corrected chi connectivity index (χ4v) is 4.90. The Morgan fingerprint density at radius 3 is 2.33 bits per heavy atom. The Bertz CT molecular complexity index is 710. The van der Waals surface area contributed by atoms with Crippen molar-refractivity contribution in [1.82, 2.24) is 15.2 Å². The maximum Gasteiger partial charge on any atom is 0.239 e. The third kappa shape index (κ3) is 3.94. The quantitative estimate of drug-likeness (QED) is 0.726. The lowest BCUT2D eigenvalue weighted by molar-refractivity contribution is -0.116. The van der Waals surface area contributed by atoms with Crippen LogP contribution in [0.2, 0.25) is 0 Å². The zero-order valence-electron chi connectivity index (χ0n) is 14.8. The van der Waals surface area contributed by atoms with Gasteiger partial charge in [-0.1, -0.05) is 17.7 Å². The fraction of sp³-hybridized carbons (Fsp3) is 0.562. The first-order valence-corrected chi connectivity index (χ1v) is 9.46. The molecule has 0 radical (unpaired) electrons. The number of anilines is 1. The zero-order chi connectivity index (χ0) is 18.1. The van der Waals surface area contributed by atoms with Crippen molar-refractivity contribution in [2.45, 2.75) is 45.0 Å². The van der Waals surface area contributed by atoms with E-state index in [1.807, 2.05) is 45.9 Å². The number of nitrogens with one attached hydrogen (secondary N) is 3. The molecule has 1 aromatic carbocycles. The molecule has 0 bridgehead atoms. The third-order valence-corrected chi connectivity index (χ3v) is 6.83. The Hall–Kier alpha value is -1.48. The van der Waals surface area contributed by atoms with Crippen molar-refractivity contribution in [1.29, 1.82) is 0 Å². The topological polar surface area (TPSA) is 90.5 Å². The van der Waals surface area contributed by atoms with Crippen molar-refractivity contribution in [2.24, 2.45) is 0 Å². The maximum atomic E-state index is 12.7. The molecule has 1 heterocycles. The average molecular weight is 354 g/mol. The smallest absolute Gasteiger partial charge is 0.239 e. The normalized spacial score (nSPS) is 24.3. The van der Waals surface area contributed by atoms with Crippen LogP contribution in [0.5, 0.6) is 0 Å². The number of hydrogen-bond donors (Lipinski definition) is 3. The van der Waals surface area contributed by atoms with Crippen LogP contribution in [0, 0.1) is 13.8 Å². The lowest BCUT2D eigenvalue weighted by Gasteiger charge is -2.25. The number of amides is 1. The van der Waals surface area contributed by atoms with E-state index in [1.165, 1.54) is 7.05 Å². The second kappa shape index (κ2) is 7.18. The number of likely N-dealkylation sites (N-methyl/N-ethyl adjacent to an activating group) is 1. The van der Waals surface area contributed by atoms with Crippen molar-refractivity contribution >= 4 is 21.6 Å². The van der Waals surface area contributed by atoms with Gasteiger partial charge in [0, 0.05) is 24.8 Å². The first-order chi connectivity index (χ1) is 11.1. The summed E-state index contributed by atoms with van der Waals surface area (Å²) in [5, 5.41) is 2.16. The molecule has 2 rings (SSSR count). The van der Waals surface area contributed by atoms with E-state index in [0.29, 0.717) is 5.69 Å². The number of nitrogens with zero attached hydrogens (tertiary/aromatic N) is 1. The fourth-order valence-electron chi connectivity index (χ4n) is 3.02. The van der Waals surface area contributed by atoms with Crippen LogP contribution in [-0.2, 0) is 14.8 Å². The van der Waals surface area contributed by atoms with Crippen molar-refractivity contribution in [3.63, 3.8) is 0 Å². The van der Waals surface area contributed by atoms with E-state index in [2.05, 4.69) is 16.2 Å². The van der Waals surface area contributed by atoms with Gasteiger partial charge in [-0.25, -0.2) is 8.42 Å². The van der Waals surface area contributed by atoms with Crippen LogP contribution in [0.25, 0.3) is 0 Å². The van der Waals surface area contributed by atoms with E-state index in [9.17, 15) is 13.2 Å². The van der Waals surface area contributed by atoms with Gasteiger partial charge in [0.2, 0.25) is 15.9 Å². The standard InChI is InChI=1S/C16H26N4O3S/c1-10-6-7-14(11(2)8-10)17-15(21)9-20(5)24(22,23)16-12(3)18-19-13(16)4/h6-8,12-13,16,18-19H,9H2,1-5H3,(H,17,21). The number of benzene rings is 1. The average Bonchev–Trinajstić information content (AvgIpc) is 2.81. The second-order valence-corrected chi connectivity index (χ2v) is 8.70. The molecule has 1 fully saturated rings. The molecular weight excluding hydrogens is 328 g/mol. The first-order valence-electron chi connectivity index (χ1n) is 7.96. The predicted molar refractivity (Wildman–Crippen MR) is 95.1 cm³/mol. The van der Waals surface area contributed by atoms with Crippen LogP contribution in [0.4, 0.5) is 5.69 Å². The summed E-state index contributed by atoms with van der Waals surface area (Å²) in [5.41, 5.74) is 8.61. The largest absolute Gasteiger partial charge is 0.325 e. The highest BCUT2D eigenvalue weighted by Crippen LogP contribution is 2.19. The lowest BCUT2D eigenvalue weighted by Crippen LogP contribution is -2.47. The molecule has 7 nitrogen and oxygen atoms in total. The van der Waals surface area contributed by atoms with Crippen LogP contribution in [0.15, 0.2) is 18.2 Å². The minimum Gasteiger partial charge on any atom is -0.325 e. The SMILES string of the molecule is Cc1ccc(NC(=O)CN(C)S(=O)(=O)C2C(C)NNC2C)c(C)c1. The monoisotopic (exact) mass is 354 g/mol. The van der Waals surface area contributed by atoms with E-state index in [-0.39, 0.29) is 24.5 Å². The molecule has 3 N–H and O–H groups in total. The van der Waals surface area contributed by atoms with E-state index in [0.717, 1.165) is 15.4 Å². The van der Waals surface area contributed by atoms with E-state index < -0.39 is 15.3 Å². The number of carbonyl (C=O) groups is 1. The highest BCUT2D eigenvalue weighted by Gasteiger charge is 2.42. The molecule has 0 aliphatic carbocycles. The Balaban J connectivity index is 2.05. The minimum atomic E-state index is -3.59. The Morgan fingerprint density at radius 1 is 1.21 bits per heavy atom. The lowest BCUT2D eigenvalue weighted by atomic mass is 10.1. The van der Waals surface area contributed by atoms with Crippen molar-refractivity contribution in [2.75, 3.05) is 18.9 Å². The molecule has 0 aromatic heterocycles. The summed E-state index contributed by atoms with van der Waals surface area (Å²) in [6, 6.07) is 5.24. The summed E-state index contributed by atoms with van der Waals surface area (Å²) in [6.07, 6.45) is 0. The second-order valence-electron chi connectivity index (χ2n) is 6.50. The summed E-state index contributed by atoms with van der Waals surface area (Å²) in [6.45, 7) is 7.28. The molecule has 0 saturated carbocycles. The van der Waals surface area contributed by atoms with Crippen molar-refractivity contribution in [3.8, 4) is 0 Å². The Kier molecular flexibility index (Phi) is 5.64. The highest BCUT2D eigenvalue weighted by molar-refractivity contribution is 7.89. The van der Waals surface area contributed by atoms with Gasteiger partial charge in [0.15, 0.2) is 0 Å². The number of sulfonamides is 1. The Morgan fingerprint density at radius 2 is 1.79 bits per heavy atom. The van der Waals surface area contributed by atoms with Crippen LogP contribution in [-0.4, -0.2) is 49.6 Å². The zero-order valence-corrected chi connectivity index (χ0v) is 15.6. The van der Waals surface area contributed by atoms with Crippen molar-refractivity contribution in [3.05, 3.63) is 29.3 Å². The van der Waals surface area contributed by atoms with Gasteiger partial charge < -0.3 is 5.32 Å². The molecule has 1 aliphatic rings. The Labute approximate surface area is 143 Å². The number of rotatable bonds is 5. The molecule has 1 amide bonds. The number of hydrogen-bond acceptors (Lipinski definition) is 5. The number of hydrazine groups is 1. The third-order valence-electron chi connectivity index (χ3n) is 4.32. The molecule has 1 aliphatic heterocycles. The van der Waals surface area contributed by atoms with Gasteiger partial charge in [-0.15, -0.1) is 0 Å². The molecule has 8 heteroatoms. The maximum absolute atomic E-state index is 12.7.